The summed E-state index contributed by atoms with van der Waals surface area (Å²) < 4.78 is 0. The Bertz CT molecular complexity index is 1690. The zero-order valence-electron chi connectivity index (χ0n) is 21.8. The molecule has 4 aromatic heterocycles. The number of aromatic nitrogens is 8. The Morgan fingerprint density at radius 3 is 1.33 bits per heavy atom. The van der Waals surface area contributed by atoms with Crippen LogP contribution in [0.15, 0.2) is 107 Å². The quantitative estimate of drug-likeness (QED) is 0.152. The van der Waals surface area contributed by atoms with E-state index in [-0.39, 0.29) is 11.9 Å². The summed E-state index contributed by atoms with van der Waals surface area (Å²) in [4.78, 5) is 36.6. The van der Waals surface area contributed by atoms with Gasteiger partial charge < -0.3 is 22.1 Å². The number of nitrogens with two attached hydrogens (primary N) is 2. The van der Waals surface area contributed by atoms with Gasteiger partial charge in [-0.15, -0.1) is 0 Å². The van der Waals surface area contributed by atoms with Crippen molar-refractivity contribution >= 4 is 56.8 Å². The SMILES string of the molecule is Nc1nc(Nc2ccccc2SSc2ccccc2Nc2nc(N)nc(-c3ccccn3)n2)nc(-c2ccccn2)n1. The summed E-state index contributed by atoms with van der Waals surface area (Å²) in [7, 11) is 3.13. The molecule has 0 aliphatic carbocycles. The van der Waals surface area contributed by atoms with Crippen LogP contribution in [0.3, 0.4) is 0 Å². The first-order chi connectivity index (χ1) is 20.6. The first-order valence-corrected chi connectivity index (χ1v) is 14.7. The highest BCUT2D eigenvalue weighted by atomic mass is 33.1. The monoisotopic (exact) mass is 590 g/mol. The molecule has 0 aliphatic heterocycles. The molecule has 0 saturated carbocycles. The van der Waals surface area contributed by atoms with Crippen LogP contribution in [0.2, 0.25) is 0 Å². The maximum absolute atomic E-state index is 5.98. The molecule has 0 amide bonds. The predicted octanol–water partition coefficient (Wildman–Crippen LogP) is 5.63. The highest BCUT2D eigenvalue weighted by Gasteiger charge is 2.13. The number of nitrogens with one attached hydrogen (secondary N) is 2. The summed E-state index contributed by atoms with van der Waals surface area (Å²) in [5, 5.41) is 6.55. The van der Waals surface area contributed by atoms with Gasteiger partial charge in [0.25, 0.3) is 0 Å². The van der Waals surface area contributed by atoms with Crippen LogP contribution in [-0.2, 0) is 0 Å². The maximum atomic E-state index is 5.98. The van der Waals surface area contributed by atoms with Crippen molar-refractivity contribution < 1.29 is 0 Å². The molecule has 2 aromatic carbocycles. The number of pyridine rings is 2. The lowest BCUT2D eigenvalue weighted by atomic mass is 10.3. The Hall–Kier alpha value is -5.34. The Morgan fingerprint density at radius 2 is 0.905 bits per heavy atom. The normalized spacial score (nSPS) is 10.8. The van der Waals surface area contributed by atoms with Gasteiger partial charge in [-0.3, -0.25) is 9.97 Å². The second-order valence-corrected chi connectivity index (χ2v) is 10.7. The van der Waals surface area contributed by atoms with Crippen LogP contribution in [0.4, 0.5) is 35.2 Å². The first kappa shape index (κ1) is 26.9. The third-order valence-electron chi connectivity index (χ3n) is 5.58. The molecule has 0 fully saturated rings. The number of nitrogen functional groups attached to an aromatic ring is 2. The van der Waals surface area contributed by atoms with Gasteiger partial charge in [-0.2, -0.15) is 29.9 Å². The fourth-order valence-electron chi connectivity index (χ4n) is 3.73. The first-order valence-electron chi connectivity index (χ1n) is 12.5. The van der Waals surface area contributed by atoms with E-state index < -0.39 is 0 Å². The van der Waals surface area contributed by atoms with Crippen LogP contribution in [0, 0.1) is 0 Å². The van der Waals surface area contributed by atoms with Crippen molar-refractivity contribution in [3.8, 4) is 23.0 Å². The van der Waals surface area contributed by atoms with Gasteiger partial charge in [0.2, 0.25) is 23.8 Å². The van der Waals surface area contributed by atoms with Crippen LogP contribution >= 0.6 is 21.6 Å². The number of hydrogen-bond acceptors (Lipinski definition) is 14. The van der Waals surface area contributed by atoms with E-state index in [9.17, 15) is 0 Å². The number of anilines is 6. The van der Waals surface area contributed by atoms with Gasteiger partial charge in [-0.05, 0) is 48.5 Å². The van der Waals surface area contributed by atoms with E-state index in [0.717, 1.165) is 21.2 Å². The summed E-state index contributed by atoms with van der Waals surface area (Å²) in [6.07, 6.45) is 3.35. The van der Waals surface area contributed by atoms with Crippen molar-refractivity contribution in [1.29, 1.82) is 0 Å². The second-order valence-electron chi connectivity index (χ2n) is 8.52. The number of nitrogens with zero attached hydrogens (tertiary/aromatic N) is 8. The molecule has 206 valence electrons. The highest BCUT2D eigenvalue weighted by molar-refractivity contribution is 8.76. The van der Waals surface area contributed by atoms with E-state index in [1.807, 2.05) is 84.9 Å². The Kier molecular flexibility index (Phi) is 7.96. The molecular weight excluding hydrogens is 569 g/mol. The zero-order valence-corrected chi connectivity index (χ0v) is 23.4. The molecular formula is C28H22N12S2. The molecule has 4 heterocycles. The smallest absolute Gasteiger partial charge is 0.232 e. The molecule has 12 nitrogen and oxygen atoms in total. The average Bonchev–Trinajstić information content (AvgIpc) is 3.02. The average molecular weight is 591 g/mol. The van der Waals surface area contributed by atoms with Crippen molar-refractivity contribution in [1.82, 2.24) is 39.9 Å². The van der Waals surface area contributed by atoms with Crippen LogP contribution in [-0.4, -0.2) is 39.9 Å². The molecule has 0 bridgehead atoms. The summed E-state index contributed by atoms with van der Waals surface area (Å²) in [6.45, 7) is 0. The molecule has 6 aromatic rings. The number of rotatable bonds is 9. The maximum Gasteiger partial charge on any atom is 0.232 e. The van der Waals surface area contributed by atoms with Crippen molar-refractivity contribution in [2.75, 3.05) is 22.1 Å². The van der Waals surface area contributed by atoms with E-state index in [0.29, 0.717) is 34.9 Å². The van der Waals surface area contributed by atoms with Crippen LogP contribution in [0.5, 0.6) is 0 Å². The van der Waals surface area contributed by atoms with Gasteiger partial charge in [0.1, 0.15) is 11.4 Å². The molecule has 0 radical (unpaired) electrons. The largest absolute Gasteiger partial charge is 0.368 e. The van der Waals surface area contributed by atoms with Crippen molar-refractivity contribution in [3.05, 3.63) is 97.3 Å². The van der Waals surface area contributed by atoms with Gasteiger partial charge in [-0.25, -0.2) is 0 Å². The molecule has 0 saturated heterocycles. The molecule has 0 unspecified atom stereocenters. The van der Waals surface area contributed by atoms with Gasteiger partial charge in [0.05, 0.1) is 11.4 Å². The van der Waals surface area contributed by atoms with Gasteiger partial charge in [0.15, 0.2) is 11.6 Å². The number of benzene rings is 2. The van der Waals surface area contributed by atoms with Crippen LogP contribution in [0.1, 0.15) is 0 Å². The number of para-hydroxylation sites is 2. The van der Waals surface area contributed by atoms with E-state index in [2.05, 4.69) is 50.5 Å². The third kappa shape index (κ3) is 6.51. The number of hydrogen-bond donors (Lipinski definition) is 4. The lowest BCUT2D eigenvalue weighted by Gasteiger charge is -2.13. The summed E-state index contributed by atoms with van der Waals surface area (Å²) >= 11 is 0. The third-order valence-corrected chi connectivity index (χ3v) is 8.06. The fourth-order valence-corrected chi connectivity index (χ4v) is 6.01. The Labute approximate surface area is 248 Å². The standard InChI is InChI=1S/C28H22N12S2/c29-25-35-23(19-11-5-7-15-31-19)37-27(39-25)33-17-9-1-3-13-21(17)41-42-22-14-4-2-10-18(22)34-28-38-24(36-26(30)40-28)20-12-6-8-16-32-20/h1-16H,(H3,29,33,35,37,39)(H3,30,34,36,38,40). The minimum absolute atomic E-state index is 0.0952. The van der Waals surface area contributed by atoms with E-state index in [1.54, 1.807) is 34.0 Å². The minimum Gasteiger partial charge on any atom is -0.368 e. The van der Waals surface area contributed by atoms with E-state index in [4.69, 9.17) is 11.5 Å². The van der Waals surface area contributed by atoms with Crippen LogP contribution < -0.4 is 22.1 Å². The summed E-state index contributed by atoms with van der Waals surface area (Å²) in [6, 6.07) is 26.7. The molecule has 14 heteroatoms. The van der Waals surface area contributed by atoms with Crippen molar-refractivity contribution in [2.45, 2.75) is 9.79 Å². The highest BCUT2D eigenvalue weighted by Crippen LogP contribution is 2.44. The predicted molar refractivity (Wildman–Crippen MR) is 166 cm³/mol. The lowest BCUT2D eigenvalue weighted by molar-refractivity contribution is 1.06. The van der Waals surface area contributed by atoms with Crippen molar-refractivity contribution in [3.63, 3.8) is 0 Å². The Morgan fingerprint density at radius 1 is 0.476 bits per heavy atom. The topological polar surface area (TPSA) is 179 Å². The van der Waals surface area contributed by atoms with Crippen LogP contribution in [0.25, 0.3) is 23.0 Å². The minimum atomic E-state index is 0.0952. The summed E-state index contributed by atoms with van der Waals surface area (Å²) in [5.74, 6) is 1.60. The molecule has 0 aliphatic rings. The Balaban J connectivity index is 1.21. The zero-order chi connectivity index (χ0) is 28.7. The van der Waals surface area contributed by atoms with Gasteiger partial charge in [0, 0.05) is 22.2 Å². The lowest BCUT2D eigenvalue weighted by Crippen LogP contribution is -2.06. The van der Waals surface area contributed by atoms with E-state index in [1.165, 1.54) is 0 Å². The van der Waals surface area contributed by atoms with Crippen molar-refractivity contribution in [2.24, 2.45) is 0 Å². The molecule has 6 N–H and O–H groups in total. The summed E-state index contributed by atoms with van der Waals surface area (Å²) in [5.41, 5.74) is 14.8. The second kappa shape index (κ2) is 12.4. The molecule has 0 spiro atoms. The molecule has 42 heavy (non-hydrogen) atoms. The van der Waals surface area contributed by atoms with E-state index >= 15 is 0 Å². The van der Waals surface area contributed by atoms with Gasteiger partial charge in [-0.1, -0.05) is 58.0 Å². The van der Waals surface area contributed by atoms with Gasteiger partial charge >= 0.3 is 0 Å². The molecule has 6 rings (SSSR count). The fraction of sp³-hybridized carbons (Fsp3) is 0. The molecule has 0 atom stereocenters.